The Morgan fingerprint density at radius 3 is 2.38 bits per heavy atom. The van der Waals surface area contributed by atoms with Crippen LogP contribution < -0.4 is 16.4 Å². The summed E-state index contributed by atoms with van der Waals surface area (Å²) in [6, 6.07) is 19.8. The number of rotatable bonds is 10. The highest BCUT2D eigenvalue weighted by molar-refractivity contribution is 6.01. The minimum Gasteiger partial charge on any atom is -0.384 e. The van der Waals surface area contributed by atoms with Gasteiger partial charge < -0.3 is 20.5 Å². The van der Waals surface area contributed by atoms with E-state index in [2.05, 4.69) is 57.3 Å². The van der Waals surface area contributed by atoms with Gasteiger partial charge in [0.2, 0.25) is 11.8 Å². The van der Waals surface area contributed by atoms with Crippen LogP contribution >= 0.6 is 0 Å². The summed E-state index contributed by atoms with van der Waals surface area (Å²) >= 11 is 0. The number of amides is 3. The lowest BCUT2D eigenvalue weighted by atomic mass is 9.85. The zero-order chi connectivity index (χ0) is 44.7. The van der Waals surface area contributed by atoms with Crippen molar-refractivity contribution in [3.8, 4) is 11.1 Å². The van der Waals surface area contributed by atoms with Crippen molar-refractivity contribution in [2.45, 2.75) is 81.7 Å². The molecule has 12 nitrogen and oxygen atoms in total. The van der Waals surface area contributed by atoms with E-state index in [1.807, 2.05) is 47.6 Å². The Morgan fingerprint density at radius 2 is 1.69 bits per heavy atom. The van der Waals surface area contributed by atoms with Gasteiger partial charge in [-0.15, -0.1) is 0 Å². The Bertz CT molecular complexity index is 2510. The molecular weight excluding hydrogens is 820 g/mol. The molecule has 3 amide bonds. The molecule has 64 heavy (non-hydrogen) atoms. The van der Waals surface area contributed by atoms with E-state index in [0.717, 1.165) is 67.0 Å². The molecule has 0 bridgehead atoms. The number of pyridine rings is 2. The molecule has 0 spiro atoms. The van der Waals surface area contributed by atoms with Crippen molar-refractivity contribution in [1.82, 2.24) is 34.6 Å². The third-order valence-corrected chi connectivity index (χ3v) is 14.3. The molecule has 9 rings (SSSR count). The number of aromatic nitrogens is 3. The number of nitrogen functional groups attached to an aromatic ring is 1. The number of alkyl halides is 2. The highest BCUT2D eigenvalue weighted by Crippen LogP contribution is 2.43. The number of aryl methyl sites for hydroxylation is 1. The number of imide groups is 1. The Kier molecular flexibility index (Phi) is 12.2. The molecule has 0 aliphatic carbocycles. The van der Waals surface area contributed by atoms with Crippen molar-refractivity contribution in [1.29, 1.82) is 0 Å². The number of piperidine rings is 4. The molecule has 4 saturated heterocycles. The molecule has 15 heteroatoms. The molecule has 5 aromatic rings. The first-order chi connectivity index (χ1) is 30.8. The summed E-state index contributed by atoms with van der Waals surface area (Å²) in [5, 5.41) is 6.26. The smallest absolute Gasteiger partial charge is 0.267 e. The number of hydrogen-bond acceptors (Lipinski definition) is 9. The van der Waals surface area contributed by atoms with Crippen LogP contribution in [-0.4, -0.2) is 105 Å². The van der Waals surface area contributed by atoms with Gasteiger partial charge in [0.15, 0.2) is 0 Å². The van der Waals surface area contributed by atoms with Crippen LogP contribution in [0.2, 0.25) is 0 Å². The number of halogens is 3. The van der Waals surface area contributed by atoms with Crippen molar-refractivity contribution in [3.05, 3.63) is 107 Å². The van der Waals surface area contributed by atoms with Gasteiger partial charge in [0, 0.05) is 79.4 Å². The quantitative estimate of drug-likeness (QED) is 0.122. The molecule has 2 aromatic carbocycles. The van der Waals surface area contributed by atoms with E-state index in [1.165, 1.54) is 23.4 Å². The summed E-state index contributed by atoms with van der Waals surface area (Å²) in [5.41, 5.74) is 12.3. The third-order valence-electron chi connectivity index (χ3n) is 14.3. The van der Waals surface area contributed by atoms with Crippen LogP contribution in [0.5, 0.6) is 0 Å². The minimum absolute atomic E-state index is 0.00149. The third kappa shape index (κ3) is 8.97. The first-order valence-electron chi connectivity index (χ1n) is 22.6. The molecule has 4 aliphatic heterocycles. The van der Waals surface area contributed by atoms with Crippen LogP contribution in [0.3, 0.4) is 0 Å². The molecule has 0 radical (unpaired) electrons. The van der Waals surface area contributed by atoms with Gasteiger partial charge in [0.1, 0.15) is 23.3 Å². The van der Waals surface area contributed by atoms with E-state index in [1.54, 1.807) is 4.90 Å². The van der Waals surface area contributed by atoms with Gasteiger partial charge in [0.05, 0.1) is 12.5 Å². The normalized spacial score (nSPS) is 22.1. The van der Waals surface area contributed by atoms with E-state index in [-0.39, 0.29) is 48.6 Å². The second kappa shape index (κ2) is 18.0. The fourth-order valence-corrected chi connectivity index (χ4v) is 10.5. The molecule has 4 fully saturated rings. The predicted octanol–water partition coefficient (Wildman–Crippen LogP) is 7.49. The van der Waals surface area contributed by atoms with Crippen LogP contribution in [-0.2, 0) is 16.6 Å². The number of nitrogens with zero attached hydrogens (tertiary/aromatic N) is 6. The van der Waals surface area contributed by atoms with Gasteiger partial charge in [-0.25, -0.2) is 23.1 Å². The monoisotopic (exact) mass is 875 g/mol. The Balaban J connectivity index is 0.734. The van der Waals surface area contributed by atoms with Crippen molar-refractivity contribution >= 4 is 40.3 Å². The van der Waals surface area contributed by atoms with E-state index >= 15 is 13.2 Å². The highest BCUT2D eigenvalue weighted by atomic mass is 19.3. The fraction of sp³-hybridized carbons (Fsp3) is 0.449. The zero-order valence-electron chi connectivity index (χ0n) is 36.4. The number of nitrogens with two attached hydrogens (primary N) is 1. The van der Waals surface area contributed by atoms with Gasteiger partial charge >= 0.3 is 0 Å². The maximum atomic E-state index is 15.7. The number of fused-ring (bicyclic) bond motifs is 1. The number of likely N-dealkylation sites (tertiary alicyclic amines) is 3. The number of nitrogens with one attached hydrogen (secondary N) is 2. The van der Waals surface area contributed by atoms with Gasteiger partial charge in [-0.3, -0.25) is 29.5 Å². The number of carbonyl (C=O) groups excluding carboxylic acids is 3. The first kappa shape index (κ1) is 43.5. The standard InChI is InChI=1S/C49H56F3N9O3/c1-30(43-26-39-37(13-19-54-46(39)58(43)2)35-7-11-44(53)55-27-35)60-23-16-33(17-24-60)32-3-5-34(6-4-32)48(64)61-21-14-31(15-22-61)28-59-20-18-40(49(51,52)29-59)38-9-8-36(25-41(38)50)56-42-10-12-45(62)57-47(42)63/h3-9,11,13,19,25-27,30-31,33,40,42,56H,10,12,14-18,20-24,28-29H2,1-2H3,(H2,53,55)(H,57,62,63)/t30-,40?,42?/m0/s1. The molecule has 2 unspecified atom stereocenters. The number of anilines is 2. The molecule has 3 atom stereocenters. The summed E-state index contributed by atoms with van der Waals surface area (Å²) in [5.74, 6) is -4.89. The Labute approximate surface area is 371 Å². The van der Waals surface area contributed by atoms with Crippen LogP contribution in [0.25, 0.3) is 22.2 Å². The van der Waals surface area contributed by atoms with Gasteiger partial charge in [-0.2, -0.15) is 0 Å². The molecular formula is C49H56F3N9O3. The summed E-state index contributed by atoms with van der Waals surface area (Å²) in [6.45, 7) is 5.81. The minimum atomic E-state index is -3.13. The second-order valence-corrected chi connectivity index (χ2v) is 18.3. The second-order valence-electron chi connectivity index (χ2n) is 18.3. The van der Waals surface area contributed by atoms with E-state index in [0.29, 0.717) is 49.2 Å². The molecule has 336 valence electrons. The van der Waals surface area contributed by atoms with Gasteiger partial charge in [-0.1, -0.05) is 18.2 Å². The van der Waals surface area contributed by atoms with E-state index in [9.17, 15) is 14.4 Å². The van der Waals surface area contributed by atoms with Crippen molar-refractivity contribution in [3.63, 3.8) is 0 Å². The zero-order valence-corrected chi connectivity index (χ0v) is 36.4. The topological polar surface area (TPSA) is 142 Å². The lowest BCUT2D eigenvalue weighted by molar-refractivity contribution is -0.133. The Morgan fingerprint density at radius 1 is 0.922 bits per heavy atom. The maximum Gasteiger partial charge on any atom is 0.267 e. The number of benzene rings is 2. The Hall–Kier alpha value is -5.80. The predicted molar refractivity (Wildman–Crippen MR) is 240 cm³/mol. The van der Waals surface area contributed by atoms with E-state index < -0.39 is 36.2 Å². The fourth-order valence-electron chi connectivity index (χ4n) is 10.5. The van der Waals surface area contributed by atoms with Crippen LogP contribution in [0.1, 0.15) is 96.9 Å². The molecule has 4 N–H and O–H groups in total. The van der Waals surface area contributed by atoms with Crippen LogP contribution in [0, 0.1) is 11.7 Å². The molecule has 4 aliphatic rings. The van der Waals surface area contributed by atoms with Crippen molar-refractivity contribution < 1.29 is 27.6 Å². The van der Waals surface area contributed by atoms with Crippen LogP contribution in [0.4, 0.5) is 24.7 Å². The van der Waals surface area contributed by atoms with Gasteiger partial charge in [0.25, 0.3) is 11.8 Å². The first-order valence-corrected chi connectivity index (χ1v) is 22.6. The average molecular weight is 876 g/mol. The summed E-state index contributed by atoms with van der Waals surface area (Å²) < 4.78 is 48.8. The lowest BCUT2D eigenvalue weighted by Gasteiger charge is -2.41. The molecule has 0 saturated carbocycles. The van der Waals surface area contributed by atoms with Crippen molar-refractivity contribution in [2.24, 2.45) is 13.0 Å². The summed E-state index contributed by atoms with van der Waals surface area (Å²) in [7, 11) is 2.08. The molecule has 3 aromatic heterocycles. The summed E-state index contributed by atoms with van der Waals surface area (Å²) in [4.78, 5) is 52.4. The van der Waals surface area contributed by atoms with Crippen LogP contribution in [0.15, 0.2) is 79.1 Å². The average Bonchev–Trinajstić information content (AvgIpc) is 3.63. The highest BCUT2D eigenvalue weighted by Gasteiger charge is 2.46. The number of hydrogen-bond donors (Lipinski definition) is 3. The SMILES string of the molecule is C[C@@H](c1cc2c(-c3ccc(N)nc3)ccnc2n1C)N1CCC(c2ccc(C(=O)N3CCC(CN4CCC(c5ccc(NC6CCC(=O)NC6=O)cc5F)C(F)(F)C4)CC3)cc2)CC1. The largest absolute Gasteiger partial charge is 0.384 e. The lowest BCUT2D eigenvalue weighted by Crippen LogP contribution is -2.50. The van der Waals surface area contributed by atoms with Gasteiger partial charge in [-0.05, 0) is 142 Å². The molecule has 7 heterocycles. The maximum absolute atomic E-state index is 15.7. The van der Waals surface area contributed by atoms with Crippen molar-refractivity contribution in [2.75, 3.05) is 56.9 Å². The number of carbonyl (C=O) groups is 3. The van der Waals surface area contributed by atoms with E-state index in [4.69, 9.17) is 10.7 Å². The summed E-state index contributed by atoms with van der Waals surface area (Å²) in [6.07, 6.45) is 7.73.